The van der Waals surface area contributed by atoms with E-state index >= 15 is 0 Å². The van der Waals surface area contributed by atoms with Crippen molar-refractivity contribution in [2.24, 2.45) is 5.73 Å². The van der Waals surface area contributed by atoms with Gasteiger partial charge in [-0.05, 0) is 44.0 Å². The first kappa shape index (κ1) is 13.6. The predicted octanol–water partition coefficient (Wildman–Crippen LogP) is 2.75. The van der Waals surface area contributed by atoms with Crippen LogP contribution in [-0.2, 0) is 0 Å². The first-order valence-electron chi connectivity index (χ1n) is 5.77. The van der Waals surface area contributed by atoms with Crippen LogP contribution < -0.4 is 5.73 Å². The molecule has 0 saturated carbocycles. The fourth-order valence-corrected chi connectivity index (χ4v) is 2.31. The molecule has 0 bridgehead atoms. The second-order valence-electron chi connectivity index (χ2n) is 4.01. The van der Waals surface area contributed by atoms with Crippen LogP contribution in [-0.4, -0.2) is 31.3 Å². The van der Waals surface area contributed by atoms with Gasteiger partial charge in [0.1, 0.15) is 0 Å². The number of likely N-dealkylation sites (N-methyl/N-ethyl adjacent to an activating group) is 1. The number of benzene rings is 1. The van der Waals surface area contributed by atoms with Gasteiger partial charge in [0.25, 0.3) is 0 Å². The lowest BCUT2D eigenvalue weighted by Crippen LogP contribution is -2.31. The molecule has 0 aromatic heterocycles. The largest absolute Gasteiger partial charge is 0.329 e. The van der Waals surface area contributed by atoms with Gasteiger partial charge in [0.2, 0.25) is 0 Å². The molecule has 0 spiro atoms. The van der Waals surface area contributed by atoms with Gasteiger partial charge in [-0.1, -0.05) is 19.1 Å². The molecule has 0 aliphatic rings. The van der Waals surface area contributed by atoms with Gasteiger partial charge in [0.15, 0.2) is 0 Å². The molecule has 1 rings (SSSR count). The number of rotatable bonds is 6. The molecule has 0 heterocycles. The maximum absolute atomic E-state index is 5.86. The summed E-state index contributed by atoms with van der Waals surface area (Å²) in [7, 11) is 2.14. The van der Waals surface area contributed by atoms with Crippen molar-refractivity contribution in [3.63, 3.8) is 0 Å². The average Bonchev–Trinajstić information content (AvgIpc) is 2.31. The summed E-state index contributed by atoms with van der Waals surface area (Å²) in [5, 5.41) is 0. The van der Waals surface area contributed by atoms with Crippen molar-refractivity contribution in [1.82, 2.24) is 4.90 Å². The molecule has 3 heteroatoms. The van der Waals surface area contributed by atoms with Crippen molar-refractivity contribution >= 4 is 11.8 Å². The van der Waals surface area contributed by atoms with Gasteiger partial charge < -0.3 is 5.73 Å². The predicted molar refractivity (Wildman–Crippen MR) is 72.9 cm³/mol. The monoisotopic (exact) mass is 238 g/mol. The van der Waals surface area contributed by atoms with E-state index in [1.165, 1.54) is 10.5 Å². The van der Waals surface area contributed by atoms with Crippen LogP contribution in [0.2, 0.25) is 0 Å². The number of nitrogens with zero attached hydrogens (tertiary/aromatic N) is 1. The van der Waals surface area contributed by atoms with E-state index in [4.69, 9.17) is 5.73 Å². The van der Waals surface area contributed by atoms with E-state index in [1.54, 1.807) is 11.8 Å². The molecule has 16 heavy (non-hydrogen) atoms. The van der Waals surface area contributed by atoms with Crippen LogP contribution in [0.1, 0.15) is 24.9 Å². The third-order valence-corrected chi connectivity index (χ3v) is 3.58. The Balaban J connectivity index is 2.78. The fraction of sp³-hybridized carbons (Fsp3) is 0.538. The molecule has 2 N–H and O–H groups in total. The minimum atomic E-state index is 0.343. The Bertz CT molecular complexity index is 297. The summed E-state index contributed by atoms with van der Waals surface area (Å²) < 4.78 is 0. The Morgan fingerprint density at radius 3 is 2.38 bits per heavy atom. The minimum Gasteiger partial charge on any atom is -0.329 e. The van der Waals surface area contributed by atoms with Gasteiger partial charge in [-0.25, -0.2) is 0 Å². The van der Waals surface area contributed by atoms with Crippen molar-refractivity contribution in [2.45, 2.75) is 24.3 Å². The maximum Gasteiger partial charge on any atom is 0.0467 e. The highest BCUT2D eigenvalue weighted by Gasteiger charge is 2.14. The van der Waals surface area contributed by atoms with Crippen molar-refractivity contribution < 1.29 is 0 Å². The summed E-state index contributed by atoms with van der Waals surface area (Å²) >= 11 is 1.77. The lowest BCUT2D eigenvalue weighted by atomic mass is 10.1. The molecule has 1 aromatic rings. The molecule has 0 aliphatic heterocycles. The second kappa shape index (κ2) is 6.94. The zero-order valence-electron chi connectivity index (χ0n) is 10.4. The Kier molecular flexibility index (Phi) is 5.88. The zero-order valence-corrected chi connectivity index (χ0v) is 11.3. The Labute approximate surface area is 103 Å². The summed E-state index contributed by atoms with van der Waals surface area (Å²) in [6.45, 7) is 3.96. The maximum atomic E-state index is 5.86. The number of hydrogen-bond acceptors (Lipinski definition) is 3. The summed E-state index contributed by atoms with van der Waals surface area (Å²) in [5.41, 5.74) is 7.18. The minimum absolute atomic E-state index is 0.343. The lowest BCUT2D eigenvalue weighted by Gasteiger charge is -2.27. The third kappa shape index (κ3) is 3.51. The molecule has 0 saturated heterocycles. The van der Waals surface area contributed by atoms with Crippen LogP contribution in [0.15, 0.2) is 29.2 Å². The smallest absolute Gasteiger partial charge is 0.0467 e. The molecule has 1 aromatic carbocycles. The van der Waals surface area contributed by atoms with Gasteiger partial charge >= 0.3 is 0 Å². The van der Waals surface area contributed by atoms with E-state index in [-0.39, 0.29) is 0 Å². The zero-order chi connectivity index (χ0) is 12.0. The van der Waals surface area contributed by atoms with E-state index in [2.05, 4.69) is 49.4 Å². The van der Waals surface area contributed by atoms with Gasteiger partial charge in [-0.2, -0.15) is 0 Å². The van der Waals surface area contributed by atoms with Crippen molar-refractivity contribution in [2.75, 3.05) is 26.4 Å². The highest BCUT2D eigenvalue weighted by molar-refractivity contribution is 7.98. The third-order valence-electron chi connectivity index (χ3n) is 2.83. The summed E-state index contributed by atoms with van der Waals surface area (Å²) in [6.07, 6.45) is 3.26. The summed E-state index contributed by atoms with van der Waals surface area (Å²) in [4.78, 5) is 3.63. The molecule has 0 amide bonds. The molecular weight excluding hydrogens is 216 g/mol. The van der Waals surface area contributed by atoms with Crippen molar-refractivity contribution in [3.05, 3.63) is 29.8 Å². The van der Waals surface area contributed by atoms with Gasteiger partial charge in [0, 0.05) is 17.5 Å². The first-order valence-corrected chi connectivity index (χ1v) is 6.99. The molecule has 1 atom stereocenters. The molecule has 0 radical (unpaired) electrons. The summed E-state index contributed by atoms with van der Waals surface area (Å²) in [5.74, 6) is 0. The SMILES string of the molecule is CCCN(C)C(CN)c1ccc(SC)cc1. The van der Waals surface area contributed by atoms with Crippen LogP contribution in [0.5, 0.6) is 0 Å². The fourth-order valence-electron chi connectivity index (χ4n) is 1.91. The van der Waals surface area contributed by atoms with Crippen molar-refractivity contribution in [1.29, 1.82) is 0 Å². The van der Waals surface area contributed by atoms with Crippen molar-refractivity contribution in [3.8, 4) is 0 Å². The van der Waals surface area contributed by atoms with Crippen LogP contribution in [0.3, 0.4) is 0 Å². The van der Waals surface area contributed by atoms with Gasteiger partial charge in [0.05, 0.1) is 0 Å². The normalized spacial score (nSPS) is 13.1. The average molecular weight is 238 g/mol. The summed E-state index contributed by atoms with van der Waals surface area (Å²) in [6, 6.07) is 9.06. The molecule has 90 valence electrons. The number of nitrogens with two attached hydrogens (primary N) is 1. The molecule has 2 nitrogen and oxygen atoms in total. The Hall–Kier alpha value is -0.510. The van der Waals surface area contributed by atoms with Crippen LogP contribution >= 0.6 is 11.8 Å². The molecule has 0 aliphatic carbocycles. The first-order chi connectivity index (χ1) is 7.72. The quantitative estimate of drug-likeness (QED) is 0.773. The van der Waals surface area contributed by atoms with Crippen LogP contribution in [0.4, 0.5) is 0 Å². The van der Waals surface area contributed by atoms with E-state index < -0.39 is 0 Å². The van der Waals surface area contributed by atoms with E-state index in [1.807, 2.05) is 0 Å². The standard InChI is InChI=1S/C13H22N2S/c1-4-9-15(2)13(10-14)11-5-7-12(16-3)8-6-11/h5-8,13H,4,9-10,14H2,1-3H3. The van der Waals surface area contributed by atoms with E-state index in [0.29, 0.717) is 12.6 Å². The molecular formula is C13H22N2S. The Morgan fingerprint density at radius 1 is 1.31 bits per heavy atom. The Morgan fingerprint density at radius 2 is 1.94 bits per heavy atom. The van der Waals surface area contributed by atoms with E-state index in [0.717, 1.165) is 13.0 Å². The van der Waals surface area contributed by atoms with E-state index in [9.17, 15) is 0 Å². The topological polar surface area (TPSA) is 29.3 Å². The number of thioether (sulfide) groups is 1. The van der Waals surface area contributed by atoms with Gasteiger partial charge in [-0.15, -0.1) is 11.8 Å². The van der Waals surface area contributed by atoms with Crippen LogP contribution in [0.25, 0.3) is 0 Å². The molecule has 0 fully saturated rings. The van der Waals surface area contributed by atoms with Crippen LogP contribution in [0, 0.1) is 0 Å². The highest BCUT2D eigenvalue weighted by Crippen LogP contribution is 2.22. The second-order valence-corrected chi connectivity index (χ2v) is 4.88. The number of hydrogen-bond donors (Lipinski definition) is 1. The highest BCUT2D eigenvalue weighted by atomic mass is 32.2. The molecule has 1 unspecified atom stereocenters. The van der Waals surface area contributed by atoms with Gasteiger partial charge in [-0.3, -0.25) is 4.90 Å². The lowest BCUT2D eigenvalue weighted by molar-refractivity contribution is 0.250.